The number of ether oxygens (including phenoxy) is 2. The number of rotatable bonds is 5. The molecule has 0 spiro atoms. The largest absolute Gasteiger partial charge is 0.573 e. The predicted octanol–water partition coefficient (Wildman–Crippen LogP) is 6.28. The third-order valence-corrected chi connectivity index (χ3v) is 5.28. The van der Waals surface area contributed by atoms with Crippen molar-refractivity contribution < 1.29 is 22.6 Å². The molecule has 0 fully saturated rings. The lowest BCUT2D eigenvalue weighted by Gasteiger charge is -2.20. The SMILES string of the molecule is Cc1cc(C#N)cc(C)c1Oc1nc(Nc2ccc(OC(F)(F)F)cc2)nc2c1CCCC2. The van der Waals surface area contributed by atoms with Crippen LogP contribution in [0.25, 0.3) is 0 Å². The van der Waals surface area contributed by atoms with Crippen LogP contribution in [0.2, 0.25) is 0 Å². The van der Waals surface area contributed by atoms with E-state index in [0.717, 1.165) is 48.1 Å². The molecule has 0 aliphatic heterocycles. The van der Waals surface area contributed by atoms with Crippen molar-refractivity contribution in [3.8, 4) is 23.4 Å². The second kappa shape index (κ2) is 8.98. The molecule has 0 unspecified atom stereocenters. The standard InChI is InChI=1S/C24H21F3N4O2/c1-14-11-16(13-28)12-15(2)21(14)32-22-19-5-3-4-6-20(19)30-23(31-22)29-17-7-9-18(10-8-17)33-24(25,26)27/h7-12H,3-6H2,1-2H3,(H,29,30,31). The molecule has 1 heterocycles. The maximum Gasteiger partial charge on any atom is 0.573 e. The van der Waals surface area contributed by atoms with Crippen LogP contribution in [-0.4, -0.2) is 16.3 Å². The van der Waals surface area contributed by atoms with Gasteiger partial charge in [0.25, 0.3) is 0 Å². The third kappa shape index (κ3) is 5.34. The number of alkyl halides is 3. The summed E-state index contributed by atoms with van der Waals surface area (Å²) in [6, 6.07) is 11.0. The van der Waals surface area contributed by atoms with E-state index in [9.17, 15) is 18.4 Å². The van der Waals surface area contributed by atoms with E-state index in [1.165, 1.54) is 24.3 Å². The highest BCUT2D eigenvalue weighted by Crippen LogP contribution is 2.35. The fourth-order valence-corrected chi connectivity index (χ4v) is 3.84. The quantitative estimate of drug-likeness (QED) is 0.489. The summed E-state index contributed by atoms with van der Waals surface area (Å²) in [5.74, 6) is 1.06. The summed E-state index contributed by atoms with van der Waals surface area (Å²) < 4.78 is 47.3. The molecule has 6 nitrogen and oxygen atoms in total. The lowest BCUT2D eigenvalue weighted by atomic mass is 9.97. The first-order valence-electron chi connectivity index (χ1n) is 10.4. The summed E-state index contributed by atoms with van der Waals surface area (Å²) >= 11 is 0. The van der Waals surface area contributed by atoms with Gasteiger partial charge < -0.3 is 14.8 Å². The van der Waals surface area contributed by atoms with Crippen LogP contribution in [0.5, 0.6) is 17.4 Å². The van der Waals surface area contributed by atoms with Crippen molar-refractivity contribution in [1.82, 2.24) is 9.97 Å². The highest BCUT2D eigenvalue weighted by atomic mass is 19.4. The summed E-state index contributed by atoms with van der Waals surface area (Å²) in [5, 5.41) is 12.2. The third-order valence-electron chi connectivity index (χ3n) is 5.28. The first kappa shape index (κ1) is 22.4. The van der Waals surface area contributed by atoms with Crippen LogP contribution in [-0.2, 0) is 12.8 Å². The molecular weight excluding hydrogens is 433 g/mol. The maximum atomic E-state index is 12.4. The highest BCUT2D eigenvalue weighted by Gasteiger charge is 2.31. The number of nitrogens with zero attached hydrogens (tertiary/aromatic N) is 3. The van der Waals surface area contributed by atoms with Crippen LogP contribution in [0.1, 0.15) is 40.8 Å². The molecule has 0 bridgehead atoms. The number of aromatic nitrogens is 2. The van der Waals surface area contributed by atoms with Crippen LogP contribution in [0.4, 0.5) is 24.8 Å². The zero-order valence-corrected chi connectivity index (χ0v) is 18.1. The van der Waals surface area contributed by atoms with Crippen molar-refractivity contribution >= 4 is 11.6 Å². The number of benzene rings is 2. The average Bonchev–Trinajstić information content (AvgIpc) is 2.76. The van der Waals surface area contributed by atoms with Gasteiger partial charge in [0.05, 0.1) is 17.3 Å². The van der Waals surface area contributed by atoms with Gasteiger partial charge in [-0.15, -0.1) is 13.2 Å². The monoisotopic (exact) mass is 454 g/mol. The van der Waals surface area contributed by atoms with Crippen LogP contribution >= 0.6 is 0 Å². The van der Waals surface area contributed by atoms with Gasteiger partial charge in [0.2, 0.25) is 11.8 Å². The summed E-state index contributed by atoms with van der Waals surface area (Å²) in [5.41, 5.74) is 4.55. The van der Waals surface area contributed by atoms with Gasteiger partial charge in [-0.25, -0.2) is 4.98 Å². The highest BCUT2D eigenvalue weighted by molar-refractivity contribution is 5.56. The van der Waals surface area contributed by atoms with E-state index < -0.39 is 6.36 Å². The molecule has 1 aromatic heterocycles. The van der Waals surface area contributed by atoms with Gasteiger partial charge in [-0.3, -0.25) is 0 Å². The first-order chi connectivity index (χ1) is 15.7. The Balaban J connectivity index is 1.64. The van der Waals surface area contributed by atoms with Crippen LogP contribution in [0, 0.1) is 25.2 Å². The van der Waals surface area contributed by atoms with Gasteiger partial charge in [-0.1, -0.05) is 0 Å². The minimum atomic E-state index is -4.75. The lowest BCUT2D eigenvalue weighted by molar-refractivity contribution is -0.274. The molecule has 0 amide bonds. The molecule has 9 heteroatoms. The van der Waals surface area contributed by atoms with Gasteiger partial charge in [0.1, 0.15) is 11.5 Å². The number of nitrogens with one attached hydrogen (secondary N) is 1. The van der Waals surface area contributed by atoms with Gasteiger partial charge in [-0.05, 0) is 87.1 Å². The van der Waals surface area contributed by atoms with E-state index >= 15 is 0 Å². The molecule has 1 N–H and O–H groups in total. The Bertz CT molecular complexity index is 1200. The van der Waals surface area contributed by atoms with E-state index in [1.807, 2.05) is 13.8 Å². The van der Waals surface area contributed by atoms with Crippen LogP contribution in [0.3, 0.4) is 0 Å². The second-order valence-electron chi connectivity index (χ2n) is 7.83. The Morgan fingerprint density at radius 1 is 1.00 bits per heavy atom. The fraction of sp³-hybridized carbons (Fsp3) is 0.292. The Kier molecular flexibility index (Phi) is 6.09. The van der Waals surface area contributed by atoms with Crippen molar-refractivity contribution in [3.05, 3.63) is 64.3 Å². The number of nitriles is 1. The minimum absolute atomic E-state index is 0.291. The maximum absolute atomic E-state index is 12.4. The van der Waals surface area contributed by atoms with Gasteiger partial charge in [0.15, 0.2) is 0 Å². The average molecular weight is 454 g/mol. The molecule has 3 aromatic rings. The van der Waals surface area contributed by atoms with Gasteiger partial charge in [-0.2, -0.15) is 10.2 Å². The molecule has 170 valence electrons. The van der Waals surface area contributed by atoms with E-state index in [-0.39, 0.29) is 5.75 Å². The number of aryl methyl sites for hydroxylation is 3. The van der Waals surface area contributed by atoms with Crippen LogP contribution < -0.4 is 14.8 Å². The second-order valence-corrected chi connectivity index (χ2v) is 7.83. The Hall–Kier alpha value is -3.80. The normalized spacial score (nSPS) is 13.1. The van der Waals surface area contributed by atoms with Crippen molar-refractivity contribution in [2.45, 2.75) is 45.9 Å². The summed E-state index contributed by atoms with van der Waals surface area (Å²) in [6.45, 7) is 3.75. The summed E-state index contributed by atoms with van der Waals surface area (Å²) in [7, 11) is 0. The van der Waals surface area contributed by atoms with Crippen molar-refractivity contribution in [3.63, 3.8) is 0 Å². The number of hydrogen-bond donors (Lipinski definition) is 1. The molecule has 0 saturated heterocycles. The molecular formula is C24H21F3N4O2. The predicted molar refractivity (Wildman–Crippen MR) is 116 cm³/mol. The molecule has 0 atom stereocenters. The molecule has 1 aliphatic carbocycles. The fourth-order valence-electron chi connectivity index (χ4n) is 3.84. The van der Waals surface area contributed by atoms with E-state index in [4.69, 9.17) is 4.74 Å². The zero-order chi connectivity index (χ0) is 23.6. The topological polar surface area (TPSA) is 80.1 Å². The first-order valence-corrected chi connectivity index (χ1v) is 10.4. The molecule has 0 radical (unpaired) electrons. The molecule has 0 saturated carbocycles. The summed E-state index contributed by atoms with van der Waals surface area (Å²) in [6.07, 6.45) is -1.16. The number of halogens is 3. The van der Waals surface area contributed by atoms with Gasteiger partial charge >= 0.3 is 6.36 Å². The lowest BCUT2D eigenvalue weighted by Crippen LogP contribution is -2.17. The summed E-state index contributed by atoms with van der Waals surface area (Å²) in [4.78, 5) is 9.17. The number of anilines is 2. The molecule has 1 aliphatic rings. The minimum Gasteiger partial charge on any atom is -0.438 e. The Labute approximate surface area is 189 Å². The van der Waals surface area contributed by atoms with Crippen LogP contribution in [0.15, 0.2) is 36.4 Å². The molecule has 2 aromatic carbocycles. The van der Waals surface area contributed by atoms with Crippen molar-refractivity contribution in [2.24, 2.45) is 0 Å². The Morgan fingerprint density at radius 2 is 1.67 bits per heavy atom. The number of fused-ring (bicyclic) bond motifs is 1. The molecule has 4 rings (SSSR count). The van der Waals surface area contributed by atoms with E-state index in [2.05, 4.69) is 26.1 Å². The molecule has 33 heavy (non-hydrogen) atoms. The van der Waals surface area contributed by atoms with Crippen molar-refractivity contribution in [2.75, 3.05) is 5.32 Å². The number of hydrogen-bond acceptors (Lipinski definition) is 6. The zero-order valence-electron chi connectivity index (χ0n) is 18.1. The van der Waals surface area contributed by atoms with E-state index in [1.54, 1.807) is 12.1 Å². The Morgan fingerprint density at radius 3 is 2.30 bits per heavy atom. The van der Waals surface area contributed by atoms with Gasteiger partial charge in [0, 0.05) is 11.3 Å². The van der Waals surface area contributed by atoms with E-state index in [0.29, 0.717) is 28.8 Å². The van der Waals surface area contributed by atoms with Crippen molar-refractivity contribution in [1.29, 1.82) is 5.26 Å². The smallest absolute Gasteiger partial charge is 0.438 e.